The first-order valence-corrected chi connectivity index (χ1v) is 11.8. The van der Waals surface area contributed by atoms with Gasteiger partial charge in [-0.2, -0.15) is 4.99 Å². The highest BCUT2D eigenvalue weighted by Crippen LogP contribution is 2.46. The topological polar surface area (TPSA) is 105 Å². The summed E-state index contributed by atoms with van der Waals surface area (Å²) in [7, 11) is 0. The molecule has 2 unspecified atom stereocenters. The lowest BCUT2D eigenvalue weighted by molar-refractivity contribution is -0.136. The van der Waals surface area contributed by atoms with E-state index in [2.05, 4.69) is 10.3 Å². The molecule has 4 aliphatic rings. The number of hydrogen-bond acceptors (Lipinski definition) is 5. The molecule has 3 N–H and O–H groups in total. The van der Waals surface area contributed by atoms with Crippen molar-refractivity contribution < 1.29 is 14.4 Å². The zero-order valence-corrected chi connectivity index (χ0v) is 18.0. The molecule has 2 aliphatic carbocycles. The molecular weight excluding hydrogens is 388 g/mol. The van der Waals surface area contributed by atoms with Gasteiger partial charge in [0.1, 0.15) is 11.2 Å². The number of rotatable bonds is 5. The highest BCUT2D eigenvalue weighted by atomic mass is 32.2. The third-order valence-electron chi connectivity index (χ3n) is 7.32. The molecule has 0 aromatic rings. The molecular formula is C21H32N4O3S. The smallest absolute Gasteiger partial charge is 0.264 e. The molecule has 0 radical (unpaired) electrons. The highest BCUT2D eigenvalue weighted by Gasteiger charge is 2.44. The van der Waals surface area contributed by atoms with Crippen LogP contribution in [0.3, 0.4) is 0 Å². The molecule has 4 atom stereocenters. The van der Waals surface area contributed by atoms with Crippen molar-refractivity contribution in [2.45, 2.75) is 75.5 Å². The largest absolute Gasteiger partial charge is 0.369 e. The fourth-order valence-electron chi connectivity index (χ4n) is 5.41. The van der Waals surface area contributed by atoms with E-state index in [1.165, 1.54) is 32.1 Å². The van der Waals surface area contributed by atoms with Gasteiger partial charge in [-0.25, -0.2) is 0 Å². The van der Waals surface area contributed by atoms with Gasteiger partial charge in [0.05, 0.1) is 0 Å². The number of amidine groups is 1. The van der Waals surface area contributed by atoms with E-state index in [9.17, 15) is 14.4 Å². The Kier molecular flexibility index (Phi) is 5.91. The van der Waals surface area contributed by atoms with Gasteiger partial charge in [0.2, 0.25) is 11.8 Å². The van der Waals surface area contributed by atoms with E-state index in [-0.39, 0.29) is 18.2 Å². The molecule has 0 bridgehead atoms. The Bertz CT molecular complexity index is 719. The standard InChI is InChI=1S/C21H32N4O3S/c1-21(12-13-6-8-25(9-7-13)18(27)11-17(22)26)19(28)24-20(29-21)23-16-5-4-14-2-3-15(14)10-16/h13-16H,2-12H2,1H3,(H2,22,26)(H,23,24,28)/t14?,15-,16+,21?/m0/s1. The van der Waals surface area contributed by atoms with Crippen molar-refractivity contribution in [3.05, 3.63) is 0 Å². The van der Waals surface area contributed by atoms with Crippen LogP contribution in [0.4, 0.5) is 0 Å². The zero-order chi connectivity index (χ0) is 20.6. The third-order valence-corrected chi connectivity index (χ3v) is 8.52. The summed E-state index contributed by atoms with van der Waals surface area (Å²) in [5, 5.41) is 4.36. The second kappa shape index (κ2) is 8.28. The summed E-state index contributed by atoms with van der Waals surface area (Å²) < 4.78 is -0.514. The van der Waals surface area contributed by atoms with Gasteiger partial charge < -0.3 is 16.0 Å². The number of nitrogens with two attached hydrogens (primary N) is 1. The maximum Gasteiger partial charge on any atom is 0.264 e. The molecule has 0 spiro atoms. The number of carbonyl (C=O) groups excluding carboxylic acids is 3. The second-order valence-electron chi connectivity index (χ2n) is 9.48. The van der Waals surface area contributed by atoms with E-state index in [1.807, 2.05) is 6.92 Å². The third kappa shape index (κ3) is 4.62. The van der Waals surface area contributed by atoms with Gasteiger partial charge in [0, 0.05) is 19.1 Å². The molecule has 0 aromatic carbocycles. The Morgan fingerprint density at radius 2 is 1.86 bits per heavy atom. The minimum Gasteiger partial charge on any atom is -0.369 e. The molecule has 3 fully saturated rings. The van der Waals surface area contributed by atoms with Crippen LogP contribution in [0.1, 0.15) is 64.7 Å². The number of primary amides is 1. The molecule has 2 saturated carbocycles. The van der Waals surface area contributed by atoms with Crippen molar-refractivity contribution in [2.24, 2.45) is 28.5 Å². The van der Waals surface area contributed by atoms with Crippen molar-refractivity contribution in [2.75, 3.05) is 13.1 Å². The Labute approximate surface area is 176 Å². The van der Waals surface area contributed by atoms with Crippen molar-refractivity contribution in [1.82, 2.24) is 10.2 Å². The van der Waals surface area contributed by atoms with Crippen molar-refractivity contribution >= 4 is 34.7 Å². The summed E-state index contributed by atoms with van der Waals surface area (Å²) >= 11 is 1.59. The molecule has 8 heteroatoms. The zero-order valence-electron chi connectivity index (χ0n) is 17.2. The minimum absolute atomic E-state index is 0.0328. The summed E-state index contributed by atoms with van der Waals surface area (Å²) in [4.78, 5) is 41.7. The van der Waals surface area contributed by atoms with E-state index in [1.54, 1.807) is 16.7 Å². The normalized spacial score (nSPS) is 34.9. The van der Waals surface area contributed by atoms with Crippen molar-refractivity contribution in [1.29, 1.82) is 0 Å². The molecule has 29 heavy (non-hydrogen) atoms. The van der Waals surface area contributed by atoms with Crippen LogP contribution in [-0.4, -0.2) is 51.7 Å². The summed E-state index contributed by atoms with van der Waals surface area (Å²) in [6.45, 7) is 3.26. The average Bonchev–Trinajstić information content (AvgIpc) is 2.90. The first-order valence-electron chi connectivity index (χ1n) is 11.0. The Balaban J connectivity index is 1.25. The first-order chi connectivity index (χ1) is 13.8. The van der Waals surface area contributed by atoms with Crippen molar-refractivity contribution in [3.8, 4) is 0 Å². The predicted octanol–water partition coefficient (Wildman–Crippen LogP) is 2.05. The Hall–Kier alpha value is -1.57. The molecule has 2 heterocycles. The minimum atomic E-state index is -0.583. The quantitative estimate of drug-likeness (QED) is 0.662. The van der Waals surface area contributed by atoms with Gasteiger partial charge in [-0.1, -0.05) is 11.8 Å². The number of nitrogens with zero attached hydrogens (tertiary/aromatic N) is 2. The van der Waals surface area contributed by atoms with Crippen LogP contribution >= 0.6 is 11.8 Å². The Morgan fingerprint density at radius 1 is 1.17 bits per heavy atom. The van der Waals surface area contributed by atoms with Crippen LogP contribution in [0.2, 0.25) is 0 Å². The molecule has 2 aliphatic heterocycles. The summed E-state index contributed by atoms with van der Waals surface area (Å²) in [6.07, 6.45) is 8.72. The van der Waals surface area contributed by atoms with Crippen LogP contribution in [0, 0.1) is 17.8 Å². The van der Waals surface area contributed by atoms with E-state index in [0.29, 0.717) is 25.0 Å². The van der Waals surface area contributed by atoms with Gasteiger partial charge in [-0.15, -0.1) is 0 Å². The summed E-state index contributed by atoms with van der Waals surface area (Å²) in [6, 6.07) is 0.456. The number of amides is 3. The first kappa shape index (κ1) is 20.7. The highest BCUT2D eigenvalue weighted by molar-refractivity contribution is 8.16. The average molecular weight is 421 g/mol. The molecule has 0 aromatic heterocycles. The number of piperidine rings is 1. The lowest BCUT2D eigenvalue weighted by Gasteiger charge is -2.44. The van der Waals surface area contributed by atoms with Gasteiger partial charge in [-0.3, -0.25) is 14.4 Å². The van der Waals surface area contributed by atoms with Gasteiger partial charge in [0.15, 0.2) is 5.17 Å². The summed E-state index contributed by atoms with van der Waals surface area (Å²) in [5.41, 5.74) is 5.12. The Morgan fingerprint density at radius 3 is 2.48 bits per heavy atom. The lowest BCUT2D eigenvalue weighted by Crippen LogP contribution is -2.43. The number of hydrogen-bond donors (Lipinski definition) is 2. The predicted molar refractivity (Wildman–Crippen MR) is 113 cm³/mol. The van der Waals surface area contributed by atoms with Gasteiger partial charge >= 0.3 is 0 Å². The van der Waals surface area contributed by atoms with Gasteiger partial charge in [0.25, 0.3) is 5.91 Å². The van der Waals surface area contributed by atoms with Crippen molar-refractivity contribution in [3.63, 3.8) is 0 Å². The molecule has 3 amide bonds. The number of fused-ring (bicyclic) bond motifs is 1. The number of carbonyl (C=O) groups is 3. The number of nitrogens with one attached hydrogen (secondary N) is 1. The van der Waals surface area contributed by atoms with E-state index < -0.39 is 10.7 Å². The lowest BCUT2D eigenvalue weighted by atomic mass is 9.64. The fraction of sp³-hybridized carbons (Fsp3) is 0.810. The maximum atomic E-state index is 12.7. The SMILES string of the molecule is CC1(CC2CCN(C(=O)CC(N)=O)CC2)SC(N[C@@H]2CCC3CC[C@H]3C2)=NC1=O. The molecule has 1 saturated heterocycles. The van der Waals surface area contributed by atoms with Crippen LogP contribution in [0.15, 0.2) is 4.99 Å². The second-order valence-corrected chi connectivity index (χ2v) is 11.0. The molecule has 7 nitrogen and oxygen atoms in total. The monoisotopic (exact) mass is 420 g/mol. The van der Waals surface area contributed by atoms with E-state index in [4.69, 9.17) is 5.73 Å². The molecule has 4 rings (SSSR count). The number of likely N-dealkylation sites (tertiary alicyclic amines) is 1. The van der Waals surface area contributed by atoms with E-state index in [0.717, 1.165) is 36.3 Å². The van der Waals surface area contributed by atoms with Crippen LogP contribution in [-0.2, 0) is 14.4 Å². The van der Waals surface area contributed by atoms with E-state index >= 15 is 0 Å². The number of thioether (sulfide) groups is 1. The molecule has 160 valence electrons. The number of aliphatic imine (C=N–C) groups is 1. The van der Waals surface area contributed by atoms with Crippen LogP contribution in [0.25, 0.3) is 0 Å². The summed E-state index contributed by atoms with van der Waals surface area (Å²) in [5.74, 6) is 1.39. The maximum absolute atomic E-state index is 12.7. The van der Waals surface area contributed by atoms with Crippen LogP contribution < -0.4 is 11.1 Å². The fourth-order valence-corrected chi connectivity index (χ4v) is 6.64. The van der Waals surface area contributed by atoms with Crippen LogP contribution in [0.5, 0.6) is 0 Å². The van der Waals surface area contributed by atoms with Gasteiger partial charge in [-0.05, 0) is 76.0 Å².